The van der Waals surface area contributed by atoms with E-state index in [4.69, 9.17) is 0 Å². The van der Waals surface area contributed by atoms with Crippen LogP contribution in [0.1, 0.15) is 28.8 Å². The van der Waals surface area contributed by atoms with E-state index in [0.29, 0.717) is 6.42 Å². The Morgan fingerprint density at radius 2 is 2.06 bits per heavy atom. The van der Waals surface area contributed by atoms with Gasteiger partial charge in [-0.25, -0.2) is 0 Å². The summed E-state index contributed by atoms with van der Waals surface area (Å²) in [6, 6.07) is 7.49. The largest absolute Gasteiger partial charge is 0.294 e. The third kappa shape index (κ3) is 3.53. The molecule has 0 bridgehead atoms. The van der Waals surface area contributed by atoms with Gasteiger partial charge in [0.1, 0.15) is 0 Å². The van der Waals surface area contributed by atoms with Crippen LogP contribution in [-0.2, 0) is 6.54 Å². The smallest absolute Gasteiger partial charge is 0.162 e. The van der Waals surface area contributed by atoms with Gasteiger partial charge >= 0.3 is 0 Å². The molecule has 0 amide bonds. The molecule has 0 unspecified atom stereocenters. The fourth-order valence-electron chi connectivity index (χ4n) is 1.77. The highest BCUT2D eigenvalue weighted by Gasteiger charge is 2.05. The molecule has 0 atom stereocenters. The maximum absolute atomic E-state index is 11.9. The van der Waals surface area contributed by atoms with Crippen molar-refractivity contribution >= 4 is 21.7 Å². The fraction of sp³-hybridized carbons (Fsp3) is 0.286. The summed E-state index contributed by atoms with van der Waals surface area (Å²) in [5.74, 6) is 0.186. The predicted octanol–water partition coefficient (Wildman–Crippen LogP) is 3.62. The maximum Gasteiger partial charge on any atom is 0.162 e. The molecule has 2 rings (SSSR count). The summed E-state index contributed by atoms with van der Waals surface area (Å²) in [7, 11) is 0. The molecule has 0 aliphatic heterocycles. The van der Waals surface area contributed by atoms with E-state index in [1.165, 1.54) is 0 Å². The third-order valence-electron chi connectivity index (χ3n) is 2.72. The highest BCUT2D eigenvalue weighted by molar-refractivity contribution is 9.10. The lowest BCUT2D eigenvalue weighted by atomic mass is 10.1. The summed E-state index contributed by atoms with van der Waals surface area (Å²) in [6.45, 7) is 2.80. The Morgan fingerprint density at radius 1 is 1.33 bits per heavy atom. The predicted molar refractivity (Wildman–Crippen MR) is 74.7 cm³/mol. The molecule has 1 heterocycles. The van der Waals surface area contributed by atoms with Crippen LogP contribution in [0.2, 0.25) is 0 Å². The van der Waals surface area contributed by atoms with Crippen molar-refractivity contribution in [3.05, 3.63) is 52.3 Å². The van der Waals surface area contributed by atoms with E-state index >= 15 is 0 Å². The lowest BCUT2D eigenvalue weighted by molar-refractivity contribution is 0.0978. The molecule has 2 aromatic rings. The first-order chi connectivity index (χ1) is 8.65. The first-order valence-electron chi connectivity index (χ1n) is 5.93. The number of nitrogens with zero attached hydrogens (tertiary/aromatic N) is 2. The minimum Gasteiger partial charge on any atom is -0.294 e. The molecule has 0 aliphatic carbocycles. The van der Waals surface area contributed by atoms with E-state index in [2.05, 4.69) is 21.0 Å². The monoisotopic (exact) mass is 306 g/mol. The molecule has 0 N–H and O–H groups in total. The van der Waals surface area contributed by atoms with Gasteiger partial charge in [0.2, 0.25) is 0 Å². The Bertz CT molecular complexity index is 531. The van der Waals surface area contributed by atoms with Gasteiger partial charge in [-0.2, -0.15) is 5.10 Å². The van der Waals surface area contributed by atoms with Gasteiger partial charge in [-0.1, -0.05) is 28.1 Å². The molecule has 0 spiro atoms. The van der Waals surface area contributed by atoms with Gasteiger partial charge in [0.25, 0.3) is 0 Å². The van der Waals surface area contributed by atoms with E-state index < -0.39 is 0 Å². The van der Waals surface area contributed by atoms with E-state index in [9.17, 15) is 4.79 Å². The SMILES string of the molecule is Cc1cnn(CCCC(=O)c2ccc(Br)cc2)c1. The van der Waals surface area contributed by atoms with Gasteiger partial charge in [-0.3, -0.25) is 9.48 Å². The van der Waals surface area contributed by atoms with Crippen molar-refractivity contribution in [1.82, 2.24) is 9.78 Å². The van der Waals surface area contributed by atoms with E-state index in [1.54, 1.807) is 0 Å². The fourth-order valence-corrected chi connectivity index (χ4v) is 2.04. The van der Waals surface area contributed by atoms with Crippen LogP contribution in [0.25, 0.3) is 0 Å². The van der Waals surface area contributed by atoms with E-state index in [-0.39, 0.29) is 5.78 Å². The van der Waals surface area contributed by atoms with Crippen LogP contribution in [0.3, 0.4) is 0 Å². The quantitative estimate of drug-likeness (QED) is 0.791. The molecule has 0 saturated carbocycles. The third-order valence-corrected chi connectivity index (χ3v) is 3.25. The molecule has 18 heavy (non-hydrogen) atoms. The summed E-state index contributed by atoms with van der Waals surface area (Å²) in [5.41, 5.74) is 1.92. The summed E-state index contributed by atoms with van der Waals surface area (Å²) >= 11 is 3.36. The summed E-state index contributed by atoms with van der Waals surface area (Å²) in [4.78, 5) is 11.9. The van der Waals surface area contributed by atoms with Crippen molar-refractivity contribution in [1.29, 1.82) is 0 Å². The normalized spacial score (nSPS) is 10.6. The molecule has 3 nitrogen and oxygen atoms in total. The van der Waals surface area contributed by atoms with Crippen molar-refractivity contribution < 1.29 is 4.79 Å². The van der Waals surface area contributed by atoms with E-state index in [0.717, 1.165) is 28.6 Å². The highest BCUT2D eigenvalue weighted by Crippen LogP contribution is 2.12. The van der Waals surface area contributed by atoms with Crippen molar-refractivity contribution in [2.45, 2.75) is 26.3 Å². The minimum atomic E-state index is 0.186. The second-order valence-electron chi connectivity index (χ2n) is 4.31. The van der Waals surface area contributed by atoms with E-state index in [1.807, 2.05) is 48.3 Å². The highest BCUT2D eigenvalue weighted by atomic mass is 79.9. The lowest BCUT2D eigenvalue weighted by Crippen LogP contribution is -2.03. The summed E-state index contributed by atoms with van der Waals surface area (Å²) in [5, 5.41) is 4.20. The molecule has 4 heteroatoms. The van der Waals surface area contributed by atoms with Gasteiger partial charge in [0.05, 0.1) is 6.20 Å². The molecule has 1 aromatic heterocycles. The number of aryl methyl sites for hydroxylation is 2. The summed E-state index contributed by atoms with van der Waals surface area (Å²) in [6.07, 6.45) is 5.19. The van der Waals surface area contributed by atoms with Gasteiger partial charge in [0, 0.05) is 29.2 Å². The number of benzene rings is 1. The first kappa shape index (κ1) is 13.0. The standard InChI is InChI=1S/C14H15BrN2O/c1-11-9-16-17(10-11)8-2-3-14(18)12-4-6-13(15)7-5-12/h4-7,9-10H,2-3,8H2,1H3. The number of hydrogen-bond acceptors (Lipinski definition) is 2. The van der Waals surface area contributed by atoms with Gasteiger partial charge in [-0.15, -0.1) is 0 Å². The Labute approximate surface area is 115 Å². The van der Waals surface area contributed by atoms with Crippen molar-refractivity contribution in [2.24, 2.45) is 0 Å². The Kier molecular flexibility index (Phi) is 4.31. The van der Waals surface area contributed by atoms with Crippen LogP contribution < -0.4 is 0 Å². The number of carbonyl (C=O) groups is 1. The molecule has 94 valence electrons. The second-order valence-corrected chi connectivity index (χ2v) is 5.23. The number of carbonyl (C=O) groups excluding carboxylic acids is 1. The van der Waals surface area contributed by atoms with Gasteiger partial charge < -0.3 is 0 Å². The van der Waals surface area contributed by atoms with Crippen LogP contribution in [0.4, 0.5) is 0 Å². The van der Waals surface area contributed by atoms with Crippen LogP contribution in [0.5, 0.6) is 0 Å². The second kappa shape index (κ2) is 5.96. The molecule has 0 fully saturated rings. The molecular weight excluding hydrogens is 292 g/mol. The lowest BCUT2D eigenvalue weighted by Gasteiger charge is -2.02. The number of hydrogen-bond donors (Lipinski definition) is 0. The van der Waals surface area contributed by atoms with Crippen LogP contribution >= 0.6 is 15.9 Å². The average molecular weight is 307 g/mol. The Morgan fingerprint density at radius 3 is 2.67 bits per heavy atom. The molecule has 0 saturated heterocycles. The molecule has 0 radical (unpaired) electrons. The average Bonchev–Trinajstić information content (AvgIpc) is 2.76. The molecule has 0 aliphatic rings. The number of halogens is 1. The van der Waals surface area contributed by atoms with Gasteiger partial charge in [0.15, 0.2) is 5.78 Å². The number of rotatable bonds is 5. The zero-order valence-corrected chi connectivity index (χ0v) is 11.9. The Balaban J connectivity index is 1.83. The molecular formula is C14H15BrN2O. The van der Waals surface area contributed by atoms with Crippen molar-refractivity contribution in [3.63, 3.8) is 0 Å². The van der Waals surface area contributed by atoms with Gasteiger partial charge in [-0.05, 0) is 31.0 Å². The zero-order chi connectivity index (χ0) is 13.0. The van der Waals surface area contributed by atoms with Crippen molar-refractivity contribution in [2.75, 3.05) is 0 Å². The topological polar surface area (TPSA) is 34.9 Å². The summed E-state index contributed by atoms with van der Waals surface area (Å²) < 4.78 is 2.87. The minimum absolute atomic E-state index is 0.186. The Hall–Kier alpha value is -1.42. The first-order valence-corrected chi connectivity index (χ1v) is 6.72. The zero-order valence-electron chi connectivity index (χ0n) is 10.3. The van der Waals surface area contributed by atoms with Crippen LogP contribution in [-0.4, -0.2) is 15.6 Å². The molecule has 1 aromatic carbocycles. The number of aromatic nitrogens is 2. The van der Waals surface area contributed by atoms with Crippen LogP contribution in [0.15, 0.2) is 41.1 Å². The number of ketones is 1. The van der Waals surface area contributed by atoms with Crippen molar-refractivity contribution in [3.8, 4) is 0 Å². The van der Waals surface area contributed by atoms with Crippen LogP contribution in [0, 0.1) is 6.92 Å². The maximum atomic E-state index is 11.9. The number of Topliss-reactive ketones (excluding diaryl/α,β-unsaturated/α-hetero) is 1.